The Morgan fingerprint density at radius 1 is 1.38 bits per heavy atom. The van der Waals surface area contributed by atoms with Crippen LogP contribution in [-0.4, -0.2) is 72.4 Å². The summed E-state index contributed by atoms with van der Waals surface area (Å²) in [4.78, 5) is 20.2. The number of aromatic nitrogens is 1. The van der Waals surface area contributed by atoms with Gasteiger partial charge >= 0.3 is 6.03 Å². The van der Waals surface area contributed by atoms with Crippen LogP contribution < -0.4 is 10.1 Å². The predicted octanol–water partition coefficient (Wildman–Crippen LogP) is 2.61. The maximum atomic E-state index is 12.5. The monoisotopic (exact) mass is 400 g/mol. The van der Waals surface area contributed by atoms with Gasteiger partial charge in [0.1, 0.15) is 5.75 Å². The van der Waals surface area contributed by atoms with E-state index in [0.29, 0.717) is 0 Å². The van der Waals surface area contributed by atoms with Gasteiger partial charge in [-0.25, -0.2) is 4.79 Å². The van der Waals surface area contributed by atoms with E-state index in [4.69, 9.17) is 4.74 Å². The van der Waals surface area contributed by atoms with Gasteiger partial charge in [-0.15, -0.1) is 0 Å². The summed E-state index contributed by atoms with van der Waals surface area (Å²) in [6.07, 6.45) is 1.82. The molecule has 2 aliphatic heterocycles. The summed E-state index contributed by atoms with van der Waals surface area (Å²) in [5.74, 6) is 0.819. The number of likely N-dealkylation sites (N-methyl/N-ethyl adjacent to an activating group) is 1. The van der Waals surface area contributed by atoms with Crippen LogP contribution in [0.1, 0.15) is 44.0 Å². The Hall–Kier alpha value is -2.25. The molecule has 4 rings (SSSR count). The van der Waals surface area contributed by atoms with Crippen molar-refractivity contribution in [2.75, 3.05) is 40.4 Å². The number of H-pyrrole nitrogens is 1. The summed E-state index contributed by atoms with van der Waals surface area (Å²) < 4.78 is 5.41. The lowest BCUT2D eigenvalue weighted by Gasteiger charge is -2.49. The highest BCUT2D eigenvalue weighted by Crippen LogP contribution is 2.48. The van der Waals surface area contributed by atoms with Gasteiger partial charge in [-0.2, -0.15) is 0 Å². The number of hydrogen-bond donors (Lipinski definition) is 3. The molecule has 1 aromatic carbocycles. The van der Waals surface area contributed by atoms with Crippen molar-refractivity contribution in [3.8, 4) is 5.75 Å². The van der Waals surface area contributed by atoms with Crippen LogP contribution >= 0.6 is 0 Å². The molecule has 0 aliphatic carbocycles. The number of aliphatic hydroxyl groups excluding tert-OH is 1. The highest BCUT2D eigenvalue weighted by molar-refractivity contribution is 5.88. The minimum absolute atomic E-state index is 0.0242. The van der Waals surface area contributed by atoms with Crippen LogP contribution in [0.3, 0.4) is 0 Å². The molecule has 0 unspecified atom stereocenters. The molecule has 0 saturated carbocycles. The number of fused-ring (bicyclic) bond motifs is 4. The second kappa shape index (κ2) is 7.54. The van der Waals surface area contributed by atoms with Crippen molar-refractivity contribution in [3.05, 3.63) is 29.5 Å². The van der Waals surface area contributed by atoms with E-state index in [2.05, 4.69) is 28.3 Å². The lowest BCUT2D eigenvalue weighted by molar-refractivity contribution is 0.0721. The first-order chi connectivity index (χ1) is 13.9. The second-order valence-corrected chi connectivity index (χ2v) is 8.81. The van der Waals surface area contributed by atoms with Crippen LogP contribution in [0.15, 0.2) is 18.2 Å². The summed E-state index contributed by atoms with van der Waals surface area (Å²) in [7, 11) is 3.75. The van der Waals surface area contributed by atoms with Crippen LogP contribution in [0.4, 0.5) is 4.79 Å². The average molecular weight is 401 g/mol. The third-order valence-electron chi connectivity index (χ3n) is 6.58. The second-order valence-electron chi connectivity index (χ2n) is 8.81. The molecule has 1 spiro atoms. The smallest absolute Gasteiger partial charge is 0.317 e. The average Bonchev–Trinajstić information content (AvgIpc) is 3.07. The summed E-state index contributed by atoms with van der Waals surface area (Å²) >= 11 is 0. The number of rotatable bonds is 3. The molecule has 3 heterocycles. The summed E-state index contributed by atoms with van der Waals surface area (Å²) in [5, 5.41) is 14.3. The number of carbonyl (C=O) groups excluding carboxylic acids is 1. The van der Waals surface area contributed by atoms with Gasteiger partial charge in [-0.3, -0.25) is 4.90 Å². The van der Waals surface area contributed by atoms with Crippen LogP contribution in [0, 0.1) is 0 Å². The van der Waals surface area contributed by atoms with Gasteiger partial charge < -0.3 is 25.0 Å². The topological polar surface area (TPSA) is 80.8 Å². The van der Waals surface area contributed by atoms with Crippen molar-refractivity contribution in [1.82, 2.24) is 20.1 Å². The maximum Gasteiger partial charge on any atom is 0.317 e. The molecule has 2 aromatic rings. The minimum atomic E-state index is -0.0451. The number of benzene rings is 1. The molecule has 0 radical (unpaired) electrons. The molecule has 158 valence electrons. The number of nitrogens with zero attached hydrogens (tertiary/aromatic N) is 2. The highest BCUT2D eigenvalue weighted by Gasteiger charge is 2.46. The van der Waals surface area contributed by atoms with Crippen molar-refractivity contribution in [3.63, 3.8) is 0 Å². The Kier molecular flexibility index (Phi) is 5.21. The van der Waals surface area contributed by atoms with E-state index in [1.807, 2.05) is 30.9 Å². The van der Waals surface area contributed by atoms with Gasteiger partial charge in [0.2, 0.25) is 0 Å². The van der Waals surface area contributed by atoms with E-state index in [-0.39, 0.29) is 30.1 Å². The number of likely N-dealkylation sites (tertiary alicyclic amines) is 1. The van der Waals surface area contributed by atoms with Crippen molar-refractivity contribution in [1.29, 1.82) is 0 Å². The van der Waals surface area contributed by atoms with E-state index >= 15 is 0 Å². The summed E-state index contributed by atoms with van der Waals surface area (Å²) in [6.45, 7) is 6.40. The van der Waals surface area contributed by atoms with Crippen molar-refractivity contribution >= 4 is 16.9 Å². The van der Waals surface area contributed by atoms with E-state index in [1.165, 1.54) is 10.9 Å². The number of urea groups is 1. The molecule has 3 N–H and O–H groups in total. The third-order valence-corrected chi connectivity index (χ3v) is 6.58. The van der Waals surface area contributed by atoms with Crippen LogP contribution in [-0.2, 0) is 5.41 Å². The Morgan fingerprint density at radius 2 is 2.10 bits per heavy atom. The molecule has 0 bridgehead atoms. The Labute approximate surface area is 172 Å². The van der Waals surface area contributed by atoms with E-state index in [1.54, 1.807) is 7.11 Å². The first-order valence-corrected chi connectivity index (χ1v) is 10.4. The molecular formula is C22H32N4O3. The number of aromatic amines is 1. The van der Waals surface area contributed by atoms with Crippen molar-refractivity contribution < 1.29 is 14.6 Å². The van der Waals surface area contributed by atoms with Gasteiger partial charge in [-0.05, 0) is 51.4 Å². The molecule has 1 atom stereocenters. The van der Waals surface area contributed by atoms with Crippen LogP contribution in [0.5, 0.6) is 5.75 Å². The van der Waals surface area contributed by atoms with Gasteiger partial charge in [-0.1, -0.05) is 0 Å². The lowest BCUT2D eigenvalue weighted by Crippen LogP contribution is -2.55. The van der Waals surface area contributed by atoms with Gasteiger partial charge in [0.25, 0.3) is 0 Å². The third kappa shape index (κ3) is 3.36. The molecule has 29 heavy (non-hydrogen) atoms. The standard InChI is InChI=1S/C22H32N4O3/c1-14(2)23-21(28)26-9-7-22(8-10-26)13-25(3)18(12-27)20-19(22)16-6-5-15(29-4)11-17(16)24-20/h5-6,11,14,18,24,27H,7-10,12-13H2,1-4H3,(H,23,28)/t18-/m0/s1. The zero-order chi connectivity index (χ0) is 20.8. The van der Waals surface area contributed by atoms with Gasteiger partial charge in [0, 0.05) is 53.8 Å². The van der Waals surface area contributed by atoms with E-state index < -0.39 is 0 Å². The number of hydrogen-bond acceptors (Lipinski definition) is 4. The lowest BCUT2D eigenvalue weighted by atomic mass is 9.68. The molecular weight excluding hydrogens is 368 g/mol. The van der Waals surface area contributed by atoms with Crippen molar-refractivity contribution in [2.24, 2.45) is 0 Å². The Balaban J connectivity index is 1.72. The summed E-state index contributed by atoms with van der Waals surface area (Å²) in [5.41, 5.74) is 3.43. The Morgan fingerprint density at radius 3 is 2.72 bits per heavy atom. The molecule has 7 heteroatoms. The number of amides is 2. The number of nitrogens with one attached hydrogen (secondary N) is 2. The van der Waals surface area contributed by atoms with Gasteiger partial charge in [0.15, 0.2) is 0 Å². The number of piperidine rings is 1. The minimum Gasteiger partial charge on any atom is -0.497 e. The van der Waals surface area contributed by atoms with Crippen LogP contribution in [0.2, 0.25) is 0 Å². The highest BCUT2D eigenvalue weighted by atomic mass is 16.5. The normalized spacial score (nSPS) is 21.6. The fraction of sp³-hybridized carbons (Fsp3) is 0.591. The van der Waals surface area contributed by atoms with Gasteiger partial charge in [0.05, 0.1) is 19.8 Å². The molecule has 1 saturated heterocycles. The number of methoxy groups -OCH3 is 1. The zero-order valence-corrected chi connectivity index (χ0v) is 17.8. The molecule has 7 nitrogen and oxygen atoms in total. The fourth-order valence-electron chi connectivity index (χ4n) is 5.15. The zero-order valence-electron chi connectivity index (χ0n) is 17.8. The van der Waals surface area contributed by atoms with E-state index in [0.717, 1.165) is 49.4 Å². The summed E-state index contributed by atoms with van der Waals surface area (Å²) in [6, 6.07) is 6.28. The van der Waals surface area contributed by atoms with Crippen LogP contribution in [0.25, 0.3) is 10.9 Å². The largest absolute Gasteiger partial charge is 0.497 e. The first-order valence-electron chi connectivity index (χ1n) is 10.4. The molecule has 2 aliphatic rings. The number of carbonyl (C=O) groups is 1. The van der Waals surface area contributed by atoms with E-state index in [9.17, 15) is 9.90 Å². The number of ether oxygens (including phenoxy) is 1. The maximum absolute atomic E-state index is 12.5. The first kappa shape index (κ1) is 20.0. The quantitative estimate of drug-likeness (QED) is 0.740. The Bertz CT molecular complexity index is 899. The van der Waals surface area contributed by atoms with Crippen molar-refractivity contribution in [2.45, 2.75) is 44.2 Å². The molecule has 1 aromatic heterocycles. The molecule has 2 amide bonds. The SMILES string of the molecule is COc1ccc2c3c([nH]c2c1)[C@H](CO)N(C)CC31CCN(C(=O)NC(C)C)CC1. The number of aliphatic hydroxyl groups is 1. The fourth-order valence-corrected chi connectivity index (χ4v) is 5.15. The molecule has 1 fully saturated rings. The predicted molar refractivity (Wildman–Crippen MR) is 113 cm³/mol.